The molecule has 0 fully saturated rings. The topological polar surface area (TPSA) is 122 Å². The molecule has 2 unspecified atom stereocenters. The molecule has 2 atom stereocenters. The number of imide groups is 1. The van der Waals surface area contributed by atoms with Crippen molar-refractivity contribution in [2.75, 3.05) is 37.5 Å². The van der Waals surface area contributed by atoms with Crippen LogP contribution in [-0.2, 0) is 20.9 Å². The van der Waals surface area contributed by atoms with E-state index in [1.807, 2.05) is 32.0 Å². The van der Waals surface area contributed by atoms with E-state index in [1.54, 1.807) is 19.1 Å². The molecule has 2 amide bonds. The van der Waals surface area contributed by atoms with Gasteiger partial charge in [-0.15, -0.1) is 0 Å². The highest BCUT2D eigenvalue weighted by Crippen LogP contribution is 2.42. The Morgan fingerprint density at radius 2 is 2.00 bits per heavy atom. The van der Waals surface area contributed by atoms with Crippen LogP contribution in [0.2, 0.25) is 5.02 Å². The molecule has 2 aromatic carbocycles. The molecule has 2 rings (SSSR count). The molecule has 0 bridgehead atoms. The van der Waals surface area contributed by atoms with E-state index in [1.165, 1.54) is 12.1 Å². The van der Waals surface area contributed by atoms with Crippen LogP contribution < -0.4 is 16.6 Å². The van der Waals surface area contributed by atoms with E-state index in [4.69, 9.17) is 27.9 Å². The first-order valence-corrected chi connectivity index (χ1v) is 11.1. The molecule has 180 valence electrons. The second-order valence-electron chi connectivity index (χ2n) is 7.93. The molecule has 2 aromatic rings. The molecular formula is C24H33ClN4O4. The number of anilines is 2. The number of amides is 2. The van der Waals surface area contributed by atoms with Gasteiger partial charge in [0, 0.05) is 25.5 Å². The summed E-state index contributed by atoms with van der Waals surface area (Å²) in [7, 11) is 1.50. The number of nitrogen functional groups attached to an aromatic ring is 1. The molecule has 0 spiro atoms. The minimum absolute atomic E-state index is 0.138. The van der Waals surface area contributed by atoms with Gasteiger partial charge in [-0.3, -0.25) is 14.5 Å². The van der Waals surface area contributed by atoms with Crippen molar-refractivity contribution in [1.82, 2.24) is 4.90 Å². The fourth-order valence-corrected chi connectivity index (χ4v) is 4.14. The molecule has 0 aliphatic rings. The van der Waals surface area contributed by atoms with E-state index in [0.29, 0.717) is 34.9 Å². The Kier molecular flexibility index (Phi) is 9.67. The Morgan fingerprint density at radius 1 is 1.30 bits per heavy atom. The SMILES string of the molecule is CCN(N)c1ccc(C(c2ccc(C)c(CO)c2)C(C)C(=O)N(C=O)CCOC)c(Cl)c1N. The van der Waals surface area contributed by atoms with E-state index in [0.717, 1.165) is 21.6 Å². The van der Waals surface area contributed by atoms with Crippen molar-refractivity contribution in [2.45, 2.75) is 33.3 Å². The molecule has 5 N–H and O–H groups in total. The number of aryl methyl sites for hydroxylation is 1. The first kappa shape index (κ1) is 26.6. The van der Waals surface area contributed by atoms with E-state index < -0.39 is 11.8 Å². The third-order valence-corrected chi connectivity index (χ3v) is 6.33. The molecule has 0 saturated heterocycles. The summed E-state index contributed by atoms with van der Waals surface area (Å²) in [6.45, 7) is 6.29. The molecule has 0 saturated carbocycles. The first-order valence-electron chi connectivity index (χ1n) is 10.8. The number of aliphatic hydroxyl groups excluding tert-OH is 1. The zero-order chi connectivity index (χ0) is 24.7. The van der Waals surface area contributed by atoms with Crippen LogP contribution in [-0.4, -0.2) is 49.1 Å². The fraction of sp³-hybridized carbons (Fsp3) is 0.417. The van der Waals surface area contributed by atoms with Crippen LogP contribution in [0.1, 0.15) is 42.0 Å². The summed E-state index contributed by atoms with van der Waals surface area (Å²) in [5, 5.41) is 11.6. The molecule has 0 aliphatic heterocycles. The second-order valence-corrected chi connectivity index (χ2v) is 8.31. The molecular weight excluding hydrogens is 444 g/mol. The van der Waals surface area contributed by atoms with E-state index >= 15 is 0 Å². The first-order chi connectivity index (χ1) is 15.7. The van der Waals surface area contributed by atoms with Crippen molar-refractivity contribution in [3.8, 4) is 0 Å². The Bertz CT molecular complexity index is 985. The number of hydrogen-bond acceptors (Lipinski definition) is 7. The maximum Gasteiger partial charge on any atom is 0.232 e. The lowest BCUT2D eigenvalue weighted by molar-refractivity contribution is -0.142. The zero-order valence-electron chi connectivity index (χ0n) is 19.5. The third-order valence-electron chi connectivity index (χ3n) is 5.91. The van der Waals surface area contributed by atoms with Gasteiger partial charge in [0.1, 0.15) is 0 Å². The smallest absolute Gasteiger partial charge is 0.232 e. The third kappa shape index (κ3) is 5.83. The Labute approximate surface area is 200 Å². The number of aliphatic hydroxyl groups is 1. The van der Waals surface area contributed by atoms with Crippen molar-refractivity contribution >= 4 is 35.3 Å². The van der Waals surface area contributed by atoms with Crippen LogP contribution in [0.15, 0.2) is 30.3 Å². The summed E-state index contributed by atoms with van der Waals surface area (Å²) in [4.78, 5) is 26.0. The number of methoxy groups -OCH3 is 1. The lowest BCUT2D eigenvalue weighted by atomic mass is 9.79. The molecule has 0 radical (unpaired) electrons. The van der Waals surface area contributed by atoms with Crippen molar-refractivity contribution in [1.29, 1.82) is 0 Å². The number of benzene rings is 2. The Morgan fingerprint density at radius 3 is 2.58 bits per heavy atom. The zero-order valence-corrected chi connectivity index (χ0v) is 20.3. The van der Waals surface area contributed by atoms with Gasteiger partial charge in [0.05, 0.1) is 36.2 Å². The molecule has 0 aromatic heterocycles. The fourth-order valence-electron chi connectivity index (χ4n) is 3.86. The maximum atomic E-state index is 13.3. The summed E-state index contributed by atoms with van der Waals surface area (Å²) in [5.41, 5.74) is 10.3. The molecule has 0 aliphatic carbocycles. The van der Waals surface area contributed by atoms with Gasteiger partial charge in [0.2, 0.25) is 12.3 Å². The monoisotopic (exact) mass is 476 g/mol. The highest BCUT2D eigenvalue weighted by atomic mass is 35.5. The summed E-state index contributed by atoms with van der Waals surface area (Å²) in [6.07, 6.45) is 0.510. The lowest BCUT2D eigenvalue weighted by Gasteiger charge is -2.30. The van der Waals surface area contributed by atoms with Crippen LogP contribution >= 0.6 is 11.6 Å². The second kappa shape index (κ2) is 12.0. The number of nitrogens with zero attached hydrogens (tertiary/aromatic N) is 2. The summed E-state index contributed by atoms with van der Waals surface area (Å²) < 4.78 is 5.02. The highest BCUT2D eigenvalue weighted by Gasteiger charge is 2.33. The average molecular weight is 477 g/mol. The number of ether oxygens (including phenoxy) is 1. The molecule has 8 nitrogen and oxygen atoms in total. The average Bonchev–Trinajstić information content (AvgIpc) is 2.82. The largest absolute Gasteiger partial charge is 0.396 e. The number of hydrazine groups is 1. The normalized spacial score (nSPS) is 12.8. The van der Waals surface area contributed by atoms with Gasteiger partial charge in [0.25, 0.3) is 0 Å². The maximum absolute atomic E-state index is 13.3. The minimum Gasteiger partial charge on any atom is -0.396 e. The van der Waals surface area contributed by atoms with Crippen LogP contribution in [0.4, 0.5) is 11.4 Å². The molecule has 0 heterocycles. The van der Waals surface area contributed by atoms with Gasteiger partial charge in [0.15, 0.2) is 0 Å². The lowest BCUT2D eigenvalue weighted by Crippen LogP contribution is -2.38. The highest BCUT2D eigenvalue weighted by molar-refractivity contribution is 6.34. The number of nitrogens with two attached hydrogens (primary N) is 2. The number of carbonyl (C=O) groups excluding carboxylic acids is 2. The molecule has 9 heteroatoms. The standard InChI is InChI=1S/C24H33ClN4O4/c1-5-29(27)20-9-8-19(22(25)23(20)26)21(17-7-6-15(2)18(12-17)13-30)16(3)24(32)28(14-31)10-11-33-4/h6-9,12,14,16,21,30H,5,10-11,13,26-27H2,1-4H3. The quantitative estimate of drug-likeness (QED) is 0.197. The summed E-state index contributed by atoms with van der Waals surface area (Å²) >= 11 is 6.72. The van der Waals surface area contributed by atoms with Crippen molar-refractivity contribution in [3.63, 3.8) is 0 Å². The predicted octanol–water partition coefficient (Wildman–Crippen LogP) is 2.82. The molecule has 33 heavy (non-hydrogen) atoms. The van der Waals surface area contributed by atoms with Crippen LogP contribution in [0.25, 0.3) is 0 Å². The van der Waals surface area contributed by atoms with Crippen molar-refractivity contribution < 1.29 is 19.4 Å². The van der Waals surface area contributed by atoms with E-state index in [9.17, 15) is 14.7 Å². The van der Waals surface area contributed by atoms with Gasteiger partial charge >= 0.3 is 0 Å². The number of carbonyl (C=O) groups is 2. The van der Waals surface area contributed by atoms with Gasteiger partial charge in [-0.1, -0.05) is 42.8 Å². The van der Waals surface area contributed by atoms with Crippen LogP contribution in [0.3, 0.4) is 0 Å². The van der Waals surface area contributed by atoms with E-state index in [2.05, 4.69) is 0 Å². The van der Waals surface area contributed by atoms with Gasteiger partial charge in [-0.2, -0.15) is 0 Å². The predicted molar refractivity (Wildman–Crippen MR) is 131 cm³/mol. The van der Waals surface area contributed by atoms with Crippen molar-refractivity contribution in [3.05, 3.63) is 57.6 Å². The van der Waals surface area contributed by atoms with Gasteiger partial charge in [-0.25, -0.2) is 5.84 Å². The minimum atomic E-state index is -0.663. The van der Waals surface area contributed by atoms with Crippen LogP contribution in [0, 0.1) is 12.8 Å². The summed E-state index contributed by atoms with van der Waals surface area (Å²) in [6, 6.07) is 9.21. The Hall–Kier alpha value is -2.65. The summed E-state index contributed by atoms with van der Waals surface area (Å²) in [5.74, 6) is 4.47. The number of halogens is 1. The van der Waals surface area contributed by atoms with Crippen LogP contribution in [0.5, 0.6) is 0 Å². The number of rotatable bonds is 11. The Balaban J connectivity index is 2.65. The number of hydrogen-bond donors (Lipinski definition) is 3. The van der Waals surface area contributed by atoms with Gasteiger partial charge in [-0.05, 0) is 42.2 Å². The van der Waals surface area contributed by atoms with E-state index in [-0.39, 0.29) is 25.7 Å². The van der Waals surface area contributed by atoms with Gasteiger partial charge < -0.3 is 20.6 Å². The van der Waals surface area contributed by atoms with Crippen molar-refractivity contribution in [2.24, 2.45) is 11.8 Å².